The summed E-state index contributed by atoms with van der Waals surface area (Å²) in [4.78, 5) is 10.8. The van der Waals surface area contributed by atoms with E-state index in [4.69, 9.17) is 13.9 Å². The van der Waals surface area contributed by atoms with Gasteiger partial charge in [0.25, 0.3) is 6.01 Å². The molecule has 3 aromatic rings. The number of oxazole rings is 1. The van der Waals surface area contributed by atoms with E-state index >= 15 is 0 Å². The van der Waals surface area contributed by atoms with Gasteiger partial charge in [-0.2, -0.15) is 4.98 Å². The van der Waals surface area contributed by atoms with Crippen LogP contribution in [-0.4, -0.2) is 42.4 Å². The number of aromatic nitrogens is 2. The van der Waals surface area contributed by atoms with Crippen molar-refractivity contribution in [2.75, 3.05) is 31.2 Å². The van der Waals surface area contributed by atoms with E-state index in [0.717, 1.165) is 17.6 Å². The zero-order chi connectivity index (χ0) is 15.5. The SMILES string of the molecule is c1ccc(O[C@H]2COCCN(c3nc4ccccc4o3)C2)nc1. The molecule has 6 heteroatoms. The summed E-state index contributed by atoms with van der Waals surface area (Å²) in [6.45, 7) is 2.49. The quantitative estimate of drug-likeness (QED) is 0.740. The van der Waals surface area contributed by atoms with E-state index in [0.29, 0.717) is 31.7 Å². The average molecular weight is 311 g/mol. The van der Waals surface area contributed by atoms with Gasteiger partial charge in [-0.3, -0.25) is 0 Å². The molecule has 0 bridgehead atoms. The molecule has 0 spiro atoms. The monoisotopic (exact) mass is 311 g/mol. The first-order valence-electron chi connectivity index (χ1n) is 7.64. The summed E-state index contributed by atoms with van der Waals surface area (Å²) in [5, 5.41) is 0. The molecule has 0 unspecified atom stereocenters. The first-order chi connectivity index (χ1) is 11.4. The predicted octanol–water partition coefficient (Wildman–Crippen LogP) is 2.51. The molecular formula is C17H17N3O3. The molecule has 0 aliphatic carbocycles. The molecule has 1 aliphatic rings. The lowest BCUT2D eigenvalue weighted by Gasteiger charge is -2.22. The van der Waals surface area contributed by atoms with E-state index < -0.39 is 0 Å². The highest BCUT2D eigenvalue weighted by atomic mass is 16.5. The normalized spacial score (nSPS) is 18.8. The van der Waals surface area contributed by atoms with Crippen LogP contribution in [0.25, 0.3) is 11.1 Å². The number of benzene rings is 1. The molecular weight excluding hydrogens is 294 g/mol. The van der Waals surface area contributed by atoms with Gasteiger partial charge in [0.05, 0.1) is 19.8 Å². The molecule has 23 heavy (non-hydrogen) atoms. The molecule has 1 fully saturated rings. The van der Waals surface area contributed by atoms with Crippen molar-refractivity contribution in [2.45, 2.75) is 6.10 Å². The molecule has 1 aromatic carbocycles. The summed E-state index contributed by atoms with van der Waals surface area (Å²) < 4.78 is 17.4. The van der Waals surface area contributed by atoms with Crippen molar-refractivity contribution < 1.29 is 13.9 Å². The summed E-state index contributed by atoms with van der Waals surface area (Å²) in [5.74, 6) is 0.598. The Labute approximate surface area is 133 Å². The Hall–Kier alpha value is -2.60. The van der Waals surface area contributed by atoms with Crippen LogP contribution in [-0.2, 0) is 4.74 Å². The second kappa shape index (κ2) is 6.26. The molecule has 6 nitrogen and oxygen atoms in total. The Kier molecular flexibility index (Phi) is 3.81. The largest absolute Gasteiger partial charge is 0.470 e. The maximum Gasteiger partial charge on any atom is 0.298 e. The summed E-state index contributed by atoms with van der Waals surface area (Å²) in [7, 11) is 0. The van der Waals surface area contributed by atoms with Gasteiger partial charge in [0.15, 0.2) is 5.58 Å². The van der Waals surface area contributed by atoms with Crippen molar-refractivity contribution >= 4 is 17.1 Å². The zero-order valence-corrected chi connectivity index (χ0v) is 12.6. The topological polar surface area (TPSA) is 60.6 Å². The average Bonchev–Trinajstić information content (AvgIpc) is 2.89. The third-order valence-electron chi connectivity index (χ3n) is 3.71. The number of hydrogen-bond acceptors (Lipinski definition) is 6. The molecule has 0 radical (unpaired) electrons. The maximum absolute atomic E-state index is 5.91. The van der Waals surface area contributed by atoms with E-state index in [-0.39, 0.29) is 6.10 Å². The third kappa shape index (κ3) is 3.12. The number of fused-ring (bicyclic) bond motifs is 1. The molecule has 1 aliphatic heterocycles. The predicted molar refractivity (Wildman–Crippen MR) is 85.7 cm³/mol. The summed E-state index contributed by atoms with van der Waals surface area (Å²) in [5.41, 5.74) is 1.64. The molecule has 3 heterocycles. The fraction of sp³-hybridized carbons (Fsp3) is 0.294. The number of para-hydroxylation sites is 2. The lowest BCUT2D eigenvalue weighted by molar-refractivity contribution is 0.0705. The third-order valence-corrected chi connectivity index (χ3v) is 3.71. The Balaban J connectivity index is 1.53. The second-order valence-electron chi connectivity index (χ2n) is 5.39. The van der Waals surface area contributed by atoms with Crippen molar-refractivity contribution in [1.82, 2.24) is 9.97 Å². The molecule has 0 saturated carbocycles. The number of rotatable bonds is 3. The van der Waals surface area contributed by atoms with Gasteiger partial charge in [-0.05, 0) is 18.2 Å². The smallest absolute Gasteiger partial charge is 0.298 e. The van der Waals surface area contributed by atoms with Gasteiger partial charge in [-0.15, -0.1) is 0 Å². The fourth-order valence-corrected chi connectivity index (χ4v) is 2.61. The van der Waals surface area contributed by atoms with Crippen LogP contribution in [0.4, 0.5) is 6.01 Å². The first kappa shape index (κ1) is 14.0. The van der Waals surface area contributed by atoms with E-state index in [1.165, 1.54) is 0 Å². The van der Waals surface area contributed by atoms with Gasteiger partial charge in [-0.1, -0.05) is 18.2 Å². The van der Waals surface area contributed by atoms with Crippen molar-refractivity contribution in [3.05, 3.63) is 48.7 Å². The van der Waals surface area contributed by atoms with Crippen molar-refractivity contribution in [3.63, 3.8) is 0 Å². The van der Waals surface area contributed by atoms with Crippen LogP contribution in [0.3, 0.4) is 0 Å². The van der Waals surface area contributed by atoms with E-state index in [1.807, 2.05) is 42.5 Å². The Morgan fingerprint density at radius 2 is 2.04 bits per heavy atom. The van der Waals surface area contributed by atoms with E-state index in [9.17, 15) is 0 Å². The van der Waals surface area contributed by atoms with Crippen molar-refractivity contribution in [2.24, 2.45) is 0 Å². The molecule has 118 valence electrons. The summed E-state index contributed by atoms with van der Waals surface area (Å²) >= 11 is 0. The zero-order valence-electron chi connectivity index (χ0n) is 12.6. The number of ether oxygens (including phenoxy) is 2. The Morgan fingerprint density at radius 3 is 2.91 bits per heavy atom. The summed E-state index contributed by atoms with van der Waals surface area (Å²) in [6.07, 6.45) is 1.59. The Morgan fingerprint density at radius 1 is 1.13 bits per heavy atom. The number of hydrogen-bond donors (Lipinski definition) is 0. The molecule has 1 saturated heterocycles. The van der Waals surface area contributed by atoms with Crippen molar-refractivity contribution in [1.29, 1.82) is 0 Å². The van der Waals surface area contributed by atoms with E-state index in [1.54, 1.807) is 6.20 Å². The highest BCUT2D eigenvalue weighted by Gasteiger charge is 2.24. The number of nitrogens with zero attached hydrogens (tertiary/aromatic N) is 3. The molecule has 4 rings (SSSR count). The van der Waals surface area contributed by atoms with E-state index in [2.05, 4.69) is 14.9 Å². The minimum atomic E-state index is -0.123. The van der Waals surface area contributed by atoms with Crippen molar-refractivity contribution in [3.8, 4) is 5.88 Å². The van der Waals surface area contributed by atoms with Gasteiger partial charge >= 0.3 is 0 Å². The minimum absolute atomic E-state index is 0.123. The lowest BCUT2D eigenvalue weighted by Crippen LogP contribution is -2.36. The van der Waals surface area contributed by atoms with Crippen LogP contribution in [0.2, 0.25) is 0 Å². The highest BCUT2D eigenvalue weighted by molar-refractivity contribution is 5.74. The van der Waals surface area contributed by atoms with Gasteiger partial charge in [-0.25, -0.2) is 4.98 Å². The van der Waals surface area contributed by atoms with Crippen LogP contribution in [0.15, 0.2) is 53.1 Å². The fourth-order valence-electron chi connectivity index (χ4n) is 2.61. The van der Waals surface area contributed by atoms with Gasteiger partial charge < -0.3 is 18.8 Å². The Bertz CT molecular complexity index is 742. The lowest BCUT2D eigenvalue weighted by atomic mass is 10.3. The molecule has 0 N–H and O–H groups in total. The van der Waals surface area contributed by atoms with Crippen LogP contribution < -0.4 is 9.64 Å². The van der Waals surface area contributed by atoms with Crippen LogP contribution in [0.1, 0.15) is 0 Å². The molecule has 2 aromatic heterocycles. The standard InChI is InChI=1S/C17H17N3O3/c1-2-6-15-14(5-1)19-17(23-15)20-9-10-21-12-13(11-20)22-16-7-3-4-8-18-16/h1-8,13H,9-12H2/t13-/m1/s1. The van der Waals surface area contributed by atoms with Gasteiger partial charge in [0.2, 0.25) is 5.88 Å². The van der Waals surface area contributed by atoms with Crippen LogP contribution in [0, 0.1) is 0 Å². The van der Waals surface area contributed by atoms with Gasteiger partial charge in [0.1, 0.15) is 11.6 Å². The highest BCUT2D eigenvalue weighted by Crippen LogP contribution is 2.23. The molecule has 0 amide bonds. The second-order valence-corrected chi connectivity index (χ2v) is 5.39. The number of pyridine rings is 1. The van der Waals surface area contributed by atoms with Crippen LogP contribution in [0.5, 0.6) is 5.88 Å². The molecule has 1 atom stereocenters. The first-order valence-corrected chi connectivity index (χ1v) is 7.64. The number of anilines is 1. The van der Waals surface area contributed by atoms with Crippen LogP contribution >= 0.6 is 0 Å². The minimum Gasteiger partial charge on any atom is -0.470 e. The maximum atomic E-state index is 5.91. The van der Waals surface area contributed by atoms with Gasteiger partial charge in [0, 0.05) is 18.8 Å². The summed E-state index contributed by atoms with van der Waals surface area (Å²) in [6, 6.07) is 14.0.